The number of aliphatic carboxylic acids is 1. The number of aromatic hydroxyl groups is 1. The summed E-state index contributed by atoms with van der Waals surface area (Å²) in [4.78, 5) is 23.8. The van der Waals surface area contributed by atoms with E-state index in [-0.39, 0.29) is 17.0 Å². The van der Waals surface area contributed by atoms with Crippen LogP contribution in [-0.2, 0) is 4.79 Å². The summed E-state index contributed by atoms with van der Waals surface area (Å²) < 4.78 is 6.78. The molecule has 0 aliphatic carbocycles. The topological polar surface area (TPSA) is 95.9 Å². The fourth-order valence-electron chi connectivity index (χ4n) is 2.46. The monoisotopic (exact) mass is 501 g/mol. The van der Waals surface area contributed by atoms with Gasteiger partial charge in [0, 0.05) is 0 Å². The summed E-state index contributed by atoms with van der Waals surface area (Å²) >= 11 is 2.18. The maximum absolute atomic E-state index is 12.3. The molecule has 7 heteroatoms. The molecule has 0 radical (unpaired) electrons. The standard InChI is InChI=1S/C22H16INO5/c23-17-6-2-4-8-20(17)29-15-11-9-14(10-12-15)13-18(22(27)28)24-21(26)16-5-1-3-7-19(16)25/h1-13,25H,(H,24,26)(H,27,28). The zero-order chi connectivity index (χ0) is 20.8. The van der Waals surface area contributed by atoms with Crippen molar-refractivity contribution in [1.29, 1.82) is 0 Å². The molecule has 146 valence electrons. The smallest absolute Gasteiger partial charge is 0.352 e. The Labute approximate surface area is 180 Å². The van der Waals surface area contributed by atoms with Gasteiger partial charge in [0.25, 0.3) is 5.91 Å². The molecule has 0 atom stereocenters. The van der Waals surface area contributed by atoms with Crippen LogP contribution in [0.25, 0.3) is 6.08 Å². The van der Waals surface area contributed by atoms with Gasteiger partial charge in [-0.2, -0.15) is 0 Å². The van der Waals surface area contributed by atoms with Gasteiger partial charge in [0.05, 0.1) is 9.13 Å². The van der Waals surface area contributed by atoms with Crippen LogP contribution in [0.4, 0.5) is 0 Å². The van der Waals surface area contributed by atoms with E-state index in [1.807, 2.05) is 24.3 Å². The highest BCUT2D eigenvalue weighted by Gasteiger charge is 2.16. The Morgan fingerprint density at radius 2 is 1.59 bits per heavy atom. The predicted octanol–water partition coefficient (Wildman–Crippen LogP) is 4.64. The number of carboxylic acids is 1. The molecule has 1 amide bonds. The number of amides is 1. The van der Waals surface area contributed by atoms with Crippen LogP contribution in [0.3, 0.4) is 0 Å². The summed E-state index contributed by atoms with van der Waals surface area (Å²) in [6.45, 7) is 0. The Morgan fingerprint density at radius 3 is 2.24 bits per heavy atom. The number of rotatable bonds is 6. The van der Waals surface area contributed by atoms with E-state index in [0.29, 0.717) is 11.3 Å². The lowest BCUT2D eigenvalue weighted by Crippen LogP contribution is -2.27. The number of halogens is 1. The molecule has 0 bridgehead atoms. The van der Waals surface area contributed by atoms with Crippen molar-refractivity contribution in [2.45, 2.75) is 0 Å². The van der Waals surface area contributed by atoms with Gasteiger partial charge in [-0.15, -0.1) is 0 Å². The second-order valence-corrected chi connectivity index (χ2v) is 7.10. The summed E-state index contributed by atoms with van der Waals surface area (Å²) in [6.07, 6.45) is 1.33. The van der Waals surface area contributed by atoms with Gasteiger partial charge in [-0.25, -0.2) is 4.79 Å². The van der Waals surface area contributed by atoms with Crippen molar-refractivity contribution in [3.8, 4) is 17.2 Å². The van der Waals surface area contributed by atoms with Crippen LogP contribution in [0.5, 0.6) is 17.2 Å². The lowest BCUT2D eigenvalue weighted by molar-refractivity contribution is -0.132. The number of hydrogen-bond donors (Lipinski definition) is 3. The normalized spacial score (nSPS) is 11.0. The van der Waals surface area contributed by atoms with Crippen LogP contribution < -0.4 is 10.1 Å². The molecule has 0 spiro atoms. The first-order chi connectivity index (χ1) is 13.9. The average molecular weight is 501 g/mol. The van der Waals surface area contributed by atoms with Crippen molar-refractivity contribution in [3.05, 3.63) is 93.2 Å². The molecule has 0 heterocycles. The molecule has 0 aliphatic rings. The minimum Gasteiger partial charge on any atom is -0.507 e. The van der Waals surface area contributed by atoms with Crippen LogP contribution in [-0.4, -0.2) is 22.1 Å². The predicted molar refractivity (Wildman–Crippen MR) is 117 cm³/mol. The number of carbonyl (C=O) groups excluding carboxylic acids is 1. The van der Waals surface area contributed by atoms with Crippen molar-refractivity contribution < 1.29 is 24.5 Å². The zero-order valence-electron chi connectivity index (χ0n) is 15.0. The maximum Gasteiger partial charge on any atom is 0.352 e. The Balaban J connectivity index is 1.77. The minimum absolute atomic E-state index is 0.0131. The Morgan fingerprint density at radius 1 is 0.931 bits per heavy atom. The van der Waals surface area contributed by atoms with Crippen LogP contribution in [0.1, 0.15) is 15.9 Å². The number of hydrogen-bond acceptors (Lipinski definition) is 4. The maximum atomic E-state index is 12.3. The highest BCUT2D eigenvalue weighted by atomic mass is 127. The van der Waals surface area contributed by atoms with Gasteiger partial charge in [0.2, 0.25) is 0 Å². The Bertz CT molecular complexity index is 1080. The van der Waals surface area contributed by atoms with E-state index in [2.05, 4.69) is 27.9 Å². The molecule has 0 unspecified atom stereocenters. The van der Waals surface area contributed by atoms with Crippen molar-refractivity contribution in [3.63, 3.8) is 0 Å². The molecule has 3 aromatic carbocycles. The first-order valence-electron chi connectivity index (χ1n) is 8.51. The molecule has 3 N–H and O–H groups in total. The van der Waals surface area contributed by atoms with Crippen LogP contribution in [0, 0.1) is 3.57 Å². The third-order valence-electron chi connectivity index (χ3n) is 3.88. The molecule has 3 aromatic rings. The van der Waals surface area contributed by atoms with E-state index < -0.39 is 11.9 Å². The van der Waals surface area contributed by atoms with Crippen molar-refractivity contribution in [1.82, 2.24) is 5.32 Å². The molecule has 29 heavy (non-hydrogen) atoms. The van der Waals surface area contributed by atoms with Gasteiger partial charge >= 0.3 is 5.97 Å². The van der Waals surface area contributed by atoms with Crippen molar-refractivity contribution in [2.75, 3.05) is 0 Å². The van der Waals surface area contributed by atoms with Gasteiger partial charge in [0.1, 0.15) is 22.9 Å². The van der Waals surface area contributed by atoms with Crippen molar-refractivity contribution in [2.24, 2.45) is 0 Å². The van der Waals surface area contributed by atoms with Crippen LogP contribution >= 0.6 is 22.6 Å². The van der Waals surface area contributed by atoms with Gasteiger partial charge in [-0.05, 0) is 70.6 Å². The SMILES string of the molecule is O=C(O)C(=Cc1ccc(Oc2ccccc2I)cc1)NC(=O)c1ccccc1O. The van der Waals surface area contributed by atoms with Gasteiger partial charge in [-0.1, -0.05) is 36.4 Å². The quantitative estimate of drug-likeness (QED) is 0.338. The largest absolute Gasteiger partial charge is 0.507 e. The minimum atomic E-state index is -1.30. The van der Waals surface area contributed by atoms with Gasteiger partial charge < -0.3 is 20.3 Å². The lowest BCUT2D eigenvalue weighted by Gasteiger charge is -2.09. The fraction of sp³-hybridized carbons (Fsp3) is 0. The summed E-state index contributed by atoms with van der Waals surface area (Å²) in [6, 6.07) is 20.3. The average Bonchev–Trinajstić information content (AvgIpc) is 2.70. The third-order valence-corrected chi connectivity index (χ3v) is 4.77. The molecule has 0 saturated heterocycles. The molecular formula is C22H16INO5. The van der Waals surface area contributed by atoms with E-state index >= 15 is 0 Å². The number of para-hydroxylation sites is 2. The Kier molecular flexibility index (Phi) is 6.50. The number of benzene rings is 3. The first kappa shape index (κ1) is 20.4. The summed E-state index contributed by atoms with van der Waals surface area (Å²) in [5.74, 6) is -0.922. The van der Waals surface area contributed by atoms with E-state index in [1.165, 1.54) is 18.2 Å². The summed E-state index contributed by atoms with van der Waals surface area (Å²) in [7, 11) is 0. The molecular weight excluding hydrogens is 485 g/mol. The number of carbonyl (C=O) groups is 2. The molecule has 6 nitrogen and oxygen atoms in total. The fourth-order valence-corrected chi connectivity index (χ4v) is 2.96. The number of phenols is 1. The van der Waals surface area contributed by atoms with Crippen molar-refractivity contribution >= 4 is 40.5 Å². The highest BCUT2D eigenvalue weighted by molar-refractivity contribution is 14.1. The lowest BCUT2D eigenvalue weighted by atomic mass is 10.1. The molecule has 0 saturated carbocycles. The first-order valence-corrected chi connectivity index (χ1v) is 9.58. The molecule has 3 rings (SSSR count). The molecule has 0 aliphatic heterocycles. The van der Waals surface area contributed by atoms with Gasteiger partial charge in [0.15, 0.2) is 0 Å². The van der Waals surface area contributed by atoms with E-state index in [4.69, 9.17) is 4.74 Å². The van der Waals surface area contributed by atoms with E-state index in [9.17, 15) is 19.8 Å². The molecule has 0 fully saturated rings. The Hall–Kier alpha value is -3.33. The number of nitrogens with one attached hydrogen (secondary N) is 1. The van der Waals surface area contributed by atoms with E-state index in [1.54, 1.807) is 36.4 Å². The number of phenolic OH excluding ortho intramolecular Hbond substituents is 1. The number of ether oxygens (including phenoxy) is 1. The van der Waals surface area contributed by atoms with E-state index in [0.717, 1.165) is 9.32 Å². The summed E-state index contributed by atoms with van der Waals surface area (Å²) in [5.41, 5.74) is 0.237. The molecule has 0 aromatic heterocycles. The third kappa shape index (κ3) is 5.35. The second-order valence-electron chi connectivity index (χ2n) is 5.94. The van der Waals surface area contributed by atoms with Crippen LogP contribution in [0.2, 0.25) is 0 Å². The number of carboxylic acid groups (broad SMARTS) is 1. The zero-order valence-corrected chi connectivity index (χ0v) is 17.2. The van der Waals surface area contributed by atoms with Gasteiger partial charge in [-0.3, -0.25) is 4.79 Å². The highest BCUT2D eigenvalue weighted by Crippen LogP contribution is 2.26. The second kappa shape index (κ2) is 9.24. The summed E-state index contributed by atoms with van der Waals surface area (Å²) in [5, 5.41) is 21.5. The van der Waals surface area contributed by atoms with Crippen LogP contribution in [0.15, 0.2) is 78.5 Å².